The molecule has 1 rings (SSSR count). The quantitative estimate of drug-likeness (QED) is 0.425. The monoisotopic (exact) mass is 484 g/mol. The molecule has 0 amide bonds. The molecule has 1 aromatic carbocycles. The van der Waals surface area contributed by atoms with Gasteiger partial charge in [-0.3, -0.25) is 0 Å². The average Bonchev–Trinajstić information content (AvgIpc) is 2.81. The summed E-state index contributed by atoms with van der Waals surface area (Å²) < 4.78 is 2.08. The van der Waals surface area contributed by atoms with Crippen LogP contribution in [0.4, 0.5) is 0 Å². The molecule has 8 heteroatoms. The Labute approximate surface area is 206 Å². The van der Waals surface area contributed by atoms with Gasteiger partial charge < -0.3 is 39.0 Å². The number of aromatic carboxylic acids is 2. The number of likely N-dealkylation sites (N-methyl/N-ethyl adjacent to an activating group) is 2. The van der Waals surface area contributed by atoms with Gasteiger partial charge in [0.2, 0.25) is 0 Å². The molecule has 8 nitrogen and oxygen atoms in total. The van der Waals surface area contributed by atoms with Crippen molar-refractivity contribution < 1.29 is 39.0 Å². The smallest absolute Gasteiger partial charge is 0.105 e. The van der Waals surface area contributed by atoms with Gasteiger partial charge in [0.15, 0.2) is 0 Å². The molecule has 0 spiro atoms. The number of carboxylic acid groups (broad SMARTS) is 2. The largest absolute Gasteiger partial charge is 0.545 e. The van der Waals surface area contributed by atoms with Gasteiger partial charge in [-0.25, -0.2) is 0 Å². The topological polar surface area (TPSA) is 121 Å². The highest BCUT2D eigenvalue weighted by Crippen LogP contribution is 2.07. The maximum atomic E-state index is 10.3. The van der Waals surface area contributed by atoms with Crippen LogP contribution in [0, 0.1) is 0 Å². The molecular formula is C26H48N2O6. The molecule has 0 aliphatic heterocycles. The molecule has 0 saturated heterocycles. The summed E-state index contributed by atoms with van der Waals surface area (Å²) in [5.41, 5.74) is -0.339. The van der Waals surface area contributed by atoms with Gasteiger partial charge in [-0.2, -0.15) is 0 Å². The number of carbonyl (C=O) groups excluding carboxylic acids is 2. The van der Waals surface area contributed by atoms with E-state index in [-0.39, 0.29) is 23.3 Å². The van der Waals surface area contributed by atoms with E-state index in [9.17, 15) is 30.0 Å². The molecule has 0 radical (unpaired) electrons. The Morgan fingerprint density at radius 3 is 1.12 bits per heavy atom. The minimum atomic E-state index is -1.40. The van der Waals surface area contributed by atoms with Gasteiger partial charge in [-0.05, 0) is 72.6 Å². The summed E-state index contributed by atoms with van der Waals surface area (Å²) in [6.07, 6.45) is -0.343. The maximum absolute atomic E-state index is 10.3. The number of aliphatic hydroxyl groups excluding tert-OH is 2. The molecule has 2 N–H and O–H groups in total. The standard InChI is InChI=1S/2C9H22NO.C8H6O4/c2*1-5-10(6-2,7-3)8-9(4)11;9-7(10)5-2-1-3-6(4-5)8(11)12/h2*9,11H,5-8H2,1-4H3;1-4H,(H,9,10)(H,11,12)/q2*+1;/p-2. The fraction of sp³-hybridized carbons (Fsp3) is 0.692. The molecule has 1 aromatic rings. The van der Waals surface area contributed by atoms with Crippen molar-refractivity contribution in [3.05, 3.63) is 35.4 Å². The van der Waals surface area contributed by atoms with Crippen molar-refractivity contribution >= 4 is 11.9 Å². The third-order valence-corrected chi connectivity index (χ3v) is 6.66. The predicted molar refractivity (Wildman–Crippen MR) is 132 cm³/mol. The van der Waals surface area contributed by atoms with Crippen molar-refractivity contribution in [3.8, 4) is 0 Å². The molecule has 34 heavy (non-hydrogen) atoms. The fourth-order valence-corrected chi connectivity index (χ4v) is 4.01. The zero-order valence-corrected chi connectivity index (χ0v) is 22.5. The van der Waals surface area contributed by atoms with Crippen molar-refractivity contribution in [2.75, 3.05) is 52.4 Å². The van der Waals surface area contributed by atoms with Crippen LogP contribution in [0.15, 0.2) is 24.3 Å². The molecule has 0 bridgehead atoms. The van der Waals surface area contributed by atoms with Crippen LogP contribution in [0.1, 0.15) is 76.1 Å². The Kier molecular flexibility index (Phi) is 17.5. The number of nitrogens with zero attached hydrogens (tertiary/aromatic N) is 2. The molecule has 0 aliphatic rings. The highest BCUT2D eigenvalue weighted by Gasteiger charge is 2.23. The lowest BCUT2D eigenvalue weighted by Crippen LogP contribution is -2.51. The van der Waals surface area contributed by atoms with Crippen LogP contribution in [-0.4, -0.2) is 95.7 Å². The number of carbonyl (C=O) groups is 2. The SMILES string of the molecule is CC[N+](CC)(CC)CC(C)O.CC[N+](CC)(CC)CC(C)O.O=C([O-])c1cccc(C(=O)[O-])c1. The lowest BCUT2D eigenvalue weighted by Gasteiger charge is -2.36. The van der Waals surface area contributed by atoms with E-state index < -0.39 is 11.9 Å². The summed E-state index contributed by atoms with van der Waals surface area (Å²) in [6.45, 7) is 25.4. The van der Waals surface area contributed by atoms with Crippen molar-refractivity contribution in [3.63, 3.8) is 0 Å². The molecule has 0 saturated carbocycles. The van der Waals surface area contributed by atoms with E-state index in [1.54, 1.807) is 0 Å². The van der Waals surface area contributed by atoms with Gasteiger partial charge in [-0.1, -0.05) is 18.2 Å². The van der Waals surface area contributed by atoms with Crippen LogP contribution in [0.5, 0.6) is 0 Å². The van der Waals surface area contributed by atoms with Crippen molar-refractivity contribution in [1.82, 2.24) is 0 Å². The van der Waals surface area contributed by atoms with Gasteiger partial charge in [0, 0.05) is 0 Å². The Hall–Kier alpha value is -2.00. The third kappa shape index (κ3) is 13.0. The fourth-order valence-electron chi connectivity index (χ4n) is 4.01. The van der Waals surface area contributed by atoms with Crippen LogP contribution in [-0.2, 0) is 0 Å². The number of hydrogen-bond acceptors (Lipinski definition) is 6. The summed E-state index contributed by atoms with van der Waals surface area (Å²) >= 11 is 0. The van der Waals surface area contributed by atoms with Crippen molar-refractivity contribution in [2.24, 2.45) is 0 Å². The number of quaternary nitrogens is 2. The van der Waals surface area contributed by atoms with Crippen molar-refractivity contribution in [1.29, 1.82) is 0 Å². The zero-order valence-electron chi connectivity index (χ0n) is 22.5. The predicted octanol–water partition coefficient (Wildman–Crippen LogP) is 0.901. The minimum absolute atomic E-state index is 0.170. The third-order valence-electron chi connectivity index (χ3n) is 6.66. The molecule has 0 heterocycles. The van der Waals surface area contributed by atoms with E-state index in [0.717, 1.165) is 67.4 Å². The molecule has 0 aromatic heterocycles. The van der Waals surface area contributed by atoms with Crippen LogP contribution in [0.3, 0.4) is 0 Å². The number of hydrogen-bond donors (Lipinski definition) is 2. The first-order valence-corrected chi connectivity index (χ1v) is 12.4. The van der Waals surface area contributed by atoms with E-state index in [1.807, 2.05) is 13.8 Å². The van der Waals surface area contributed by atoms with Gasteiger partial charge in [0.25, 0.3) is 0 Å². The first-order chi connectivity index (χ1) is 15.8. The van der Waals surface area contributed by atoms with E-state index in [1.165, 1.54) is 18.2 Å². The first-order valence-electron chi connectivity index (χ1n) is 12.4. The van der Waals surface area contributed by atoms with Crippen LogP contribution < -0.4 is 10.2 Å². The normalized spacial score (nSPS) is 13.0. The average molecular weight is 485 g/mol. The maximum Gasteiger partial charge on any atom is 0.105 e. The number of rotatable bonds is 12. The Morgan fingerprint density at radius 1 is 0.706 bits per heavy atom. The van der Waals surface area contributed by atoms with Crippen molar-refractivity contribution in [2.45, 2.75) is 67.6 Å². The lowest BCUT2D eigenvalue weighted by molar-refractivity contribution is -0.925. The first kappa shape index (κ1) is 34.2. The molecule has 0 fully saturated rings. The Balaban J connectivity index is 0. The van der Waals surface area contributed by atoms with E-state index >= 15 is 0 Å². The number of carboxylic acids is 2. The van der Waals surface area contributed by atoms with E-state index in [4.69, 9.17) is 0 Å². The molecule has 198 valence electrons. The Bertz CT molecular complexity index is 627. The summed E-state index contributed by atoms with van der Waals surface area (Å²) in [5.74, 6) is -2.81. The zero-order chi connectivity index (χ0) is 26.9. The molecular weight excluding hydrogens is 436 g/mol. The van der Waals surface area contributed by atoms with Gasteiger partial charge in [0.1, 0.15) is 25.3 Å². The van der Waals surface area contributed by atoms with Gasteiger partial charge in [0.05, 0.1) is 51.2 Å². The molecule has 2 atom stereocenters. The highest BCUT2D eigenvalue weighted by atomic mass is 16.4. The second-order valence-corrected chi connectivity index (χ2v) is 8.80. The van der Waals surface area contributed by atoms with Crippen LogP contribution >= 0.6 is 0 Å². The number of aliphatic hydroxyl groups is 2. The molecule has 2 unspecified atom stereocenters. The Morgan fingerprint density at radius 2 is 0.971 bits per heavy atom. The summed E-state index contributed by atoms with van der Waals surface area (Å²) in [5, 5.41) is 39.0. The van der Waals surface area contributed by atoms with Crippen LogP contribution in [0.25, 0.3) is 0 Å². The second kappa shape index (κ2) is 17.4. The number of benzene rings is 1. The summed E-state index contributed by atoms with van der Waals surface area (Å²) in [7, 11) is 0. The van der Waals surface area contributed by atoms with E-state index in [2.05, 4.69) is 41.5 Å². The second-order valence-electron chi connectivity index (χ2n) is 8.80. The van der Waals surface area contributed by atoms with Gasteiger partial charge in [-0.15, -0.1) is 0 Å². The minimum Gasteiger partial charge on any atom is -0.545 e. The summed E-state index contributed by atoms with van der Waals surface area (Å²) in [4.78, 5) is 20.5. The summed E-state index contributed by atoms with van der Waals surface area (Å²) in [6, 6.07) is 4.81. The van der Waals surface area contributed by atoms with E-state index in [0.29, 0.717) is 0 Å². The lowest BCUT2D eigenvalue weighted by atomic mass is 10.1. The van der Waals surface area contributed by atoms with Crippen LogP contribution in [0.2, 0.25) is 0 Å². The van der Waals surface area contributed by atoms with Gasteiger partial charge >= 0.3 is 0 Å². The highest BCUT2D eigenvalue weighted by molar-refractivity contribution is 5.91. The molecule has 0 aliphatic carbocycles.